The highest BCUT2D eigenvalue weighted by atomic mass is 16.2. The molecule has 1 aromatic heterocycles. The molecule has 5 heteroatoms. The van der Waals surface area contributed by atoms with E-state index in [1.807, 2.05) is 31.2 Å². The molecule has 0 saturated heterocycles. The lowest BCUT2D eigenvalue weighted by Crippen LogP contribution is -2.35. The summed E-state index contributed by atoms with van der Waals surface area (Å²) in [6.07, 6.45) is 6.42. The quantitative estimate of drug-likeness (QED) is 0.927. The minimum absolute atomic E-state index is 0.0351. The summed E-state index contributed by atoms with van der Waals surface area (Å²) in [7, 11) is 0. The fourth-order valence-corrected chi connectivity index (χ4v) is 2.34. The maximum Gasteiger partial charge on any atom is 0.223 e. The van der Waals surface area contributed by atoms with E-state index in [-0.39, 0.29) is 17.9 Å². The number of aromatic nitrogens is 3. The van der Waals surface area contributed by atoms with Crippen molar-refractivity contribution in [2.24, 2.45) is 5.92 Å². The highest BCUT2D eigenvalue weighted by molar-refractivity contribution is 5.79. The number of carbonyl (C=O) groups is 1. The van der Waals surface area contributed by atoms with Gasteiger partial charge in [-0.15, -0.1) is 0 Å². The van der Waals surface area contributed by atoms with Crippen molar-refractivity contribution in [2.75, 3.05) is 0 Å². The van der Waals surface area contributed by atoms with Crippen LogP contribution in [-0.4, -0.2) is 20.7 Å². The molecule has 5 nitrogen and oxygen atoms in total. The summed E-state index contributed by atoms with van der Waals surface area (Å²) in [6, 6.07) is 8.03. The molecule has 1 amide bonds. The van der Waals surface area contributed by atoms with Crippen molar-refractivity contribution in [1.82, 2.24) is 20.1 Å². The molecule has 0 radical (unpaired) electrons. The molecule has 2 aromatic rings. The Morgan fingerprint density at radius 1 is 1.35 bits per heavy atom. The highest BCUT2D eigenvalue weighted by Crippen LogP contribution is 2.27. The van der Waals surface area contributed by atoms with Gasteiger partial charge in [-0.25, -0.2) is 9.67 Å². The van der Waals surface area contributed by atoms with Gasteiger partial charge in [0.05, 0.1) is 11.7 Å². The zero-order chi connectivity index (χ0) is 13.9. The van der Waals surface area contributed by atoms with E-state index in [2.05, 4.69) is 15.4 Å². The molecule has 1 fully saturated rings. The van der Waals surface area contributed by atoms with Crippen LogP contribution in [0.3, 0.4) is 0 Å². The summed E-state index contributed by atoms with van der Waals surface area (Å²) in [5, 5.41) is 7.17. The van der Waals surface area contributed by atoms with Crippen LogP contribution < -0.4 is 5.32 Å². The van der Waals surface area contributed by atoms with Gasteiger partial charge in [-0.2, -0.15) is 5.10 Å². The van der Waals surface area contributed by atoms with E-state index in [0.717, 1.165) is 24.1 Å². The Kier molecular flexibility index (Phi) is 3.50. The van der Waals surface area contributed by atoms with Crippen LogP contribution in [-0.2, 0) is 4.79 Å². The number of carbonyl (C=O) groups excluding carboxylic acids is 1. The van der Waals surface area contributed by atoms with Gasteiger partial charge in [0, 0.05) is 5.92 Å². The van der Waals surface area contributed by atoms with Crippen molar-refractivity contribution in [2.45, 2.75) is 32.2 Å². The Bertz CT molecular complexity index is 572. The summed E-state index contributed by atoms with van der Waals surface area (Å²) in [6.45, 7) is 2.01. The Hall–Kier alpha value is -2.17. The average Bonchev–Trinajstić information content (AvgIpc) is 2.90. The van der Waals surface area contributed by atoms with E-state index in [1.165, 1.54) is 12.7 Å². The van der Waals surface area contributed by atoms with E-state index in [0.29, 0.717) is 0 Å². The molecule has 1 aliphatic rings. The second-order valence-corrected chi connectivity index (χ2v) is 5.29. The monoisotopic (exact) mass is 270 g/mol. The zero-order valence-electron chi connectivity index (χ0n) is 11.5. The number of amides is 1. The first-order chi connectivity index (χ1) is 9.74. The molecule has 20 heavy (non-hydrogen) atoms. The lowest BCUT2D eigenvalue weighted by molar-refractivity contribution is -0.128. The topological polar surface area (TPSA) is 59.8 Å². The van der Waals surface area contributed by atoms with Gasteiger partial charge < -0.3 is 5.32 Å². The van der Waals surface area contributed by atoms with Crippen LogP contribution in [0, 0.1) is 5.92 Å². The van der Waals surface area contributed by atoms with E-state index in [1.54, 1.807) is 11.0 Å². The summed E-state index contributed by atoms with van der Waals surface area (Å²) < 4.78 is 1.71. The first kappa shape index (κ1) is 12.8. The summed E-state index contributed by atoms with van der Waals surface area (Å²) in [5.41, 5.74) is 2.06. The summed E-state index contributed by atoms with van der Waals surface area (Å²) >= 11 is 0. The number of nitrogens with one attached hydrogen (secondary N) is 1. The maximum absolute atomic E-state index is 11.9. The van der Waals surface area contributed by atoms with Gasteiger partial charge in [-0.1, -0.05) is 18.6 Å². The van der Waals surface area contributed by atoms with Gasteiger partial charge in [-0.05, 0) is 37.5 Å². The normalized spacial score (nSPS) is 16.4. The van der Waals surface area contributed by atoms with Gasteiger partial charge >= 0.3 is 0 Å². The fourth-order valence-electron chi connectivity index (χ4n) is 2.34. The van der Waals surface area contributed by atoms with Gasteiger partial charge in [0.2, 0.25) is 5.91 Å². The third-order valence-corrected chi connectivity index (χ3v) is 3.91. The Labute approximate surface area is 118 Å². The SMILES string of the molecule is CC(NC(=O)C1CCC1)c1ccc(-n2cncn2)cc1. The second kappa shape index (κ2) is 5.45. The van der Waals surface area contributed by atoms with Crippen LogP contribution in [0.25, 0.3) is 5.69 Å². The van der Waals surface area contributed by atoms with Crippen LogP contribution >= 0.6 is 0 Å². The molecule has 1 aliphatic carbocycles. The summed E-state index contributed by atoms with van der Waals surface area (Å²) in [4.78, 5) is 15.9. The lowest BCUT2D eigenvalue weighted by atomic mass is 9.84. The molecule has 1 heterocycles. The largest absolute Gasteiger partial charge is 0.349 e. The van der Waals surface area contributed by atoms with Crippen molar-refractivity contribution >= 4 is 5.91 Å². The molecular formula is C15H18N4O. The van der Waals surface area contributed by atoms with E-state index >= 15 is 0 Å². The Morgan fingerprint density at radius 3 is 2.65 bits per heavy atom. The van der Waals surface area contributed by atoms with Crippen molar-refractivity contribution in [3.05, 3.63) is 42.5 Å². The Balaban J connectivity index is 1.66. The van der Waals surface area contributed by atoms with Crippen LogP contribution in [0.15, 0.2) is 36.9 Å². The second-order valence-electron chi connectivity index (χ2n) is 5.29. The van der Waals surface area contributed by atoms with Crippen molar-refractivity contribution in [3.63, 3.8) is 0 Å². The molecule has 1 atom stereocenters. The number of rotatable bonds is 4. The predicted molar refractivity (Wildman–Crippen MR) is 75.3 cm³/mol. The number of benzene rings is 1. The smallest absolute Gasteiger partial charge is 0.223 e. The zero-order valence-corrected chi connectivity index (χ0v) is 11.5. The van der Waals surface area contributed by atoms with Crippen molar-refractivity contribution in [3.8, 4) is 5.69 Å². The molecule has 1 saturated carbocycles. The van der Waals surface area contributed by atoms with Crippen LogP contribution in [0.4, 0.5) is 0 Å². The van der Waals surface area contributed by atoms with Gasteiger partial charge in [0.15, 0.2) is 0 Å². The molecule has 0 bridgehead atoms. The van der Waals surface area contributed by atoms with Gasteiger partial charge in [0.1, 0.15) is 12.7 Å². The molecule has 0 aliphatic heterocycles. The third kappa shape index (κ3) is 2.57. The van der Waals surface area contributed by atoms with E-state index in [9.17, 15) is 4.79 Å². The number of nitrogens with zero attached hydrogens (tertiary/aromatic N) is 3. The molecule has 104 valence electrons. The molecule has 0 spiro atoms. The first-order valence-electron chi connectivity index (χ1n) is 6.99. The van der Waals surface area contributed by atoms with Gasteiger partial charge in [-0.3, -0.25) is 4.79 Å². The predicted octanol–water partition coefficient (Wildman–Crippen LogP) is 2.24. The molecule has 3 rings (SSSR count). The molecular weight excluding hydrogens is 252 g/mol. The minimum atomic E-state index is 0.0351. The van der Waals surface area contributed by atoms with Gasteiger partial charge in [0.25, 0.3) is 0 Å². The van der Waals surface area contributed by atoms with E-state index in [4.69, 9.17) is 0 Å². The molecule has 1 aromatic carbocycles. The standard InChI is InChI=1S/C15H18N4O/c1-11(18-15(20)13-3-2-4-13)12-5-7-14(8-6-12)19-10-16-9-17-19/h5-11,13H,2-4H2,1H3,(H,18,20). The van der Waals surface area contributed by atoms with E-state index < -0.39 is 0 Å². The van der Waals surface area contributed by atoms with Crippen LogP contribution in [0.1, 0.15) is 37.8 Å². The van der Waals surface area contributed by atoms with Crippen LogP contribution in [0.2, 0.25) is 0 Å². The summed E-state index contributed by atoms with van der Waals surface area (Å²) in [5.74, 6) is 0.413. The minimum Gasteiger partial charge on any atom is -0.349 e. The van der Waals surface area contributed by atoms with Crippen molar-refractivity contribution < 1.29 is 4.79 Å². The highest BCUT2D eigenvalue weighted by Gasteiger charge is 2.26. The Morgan fingerprint density at radius 2 is 2.10 bits per heavy atom. The molecule has 1 unspecified atom stereocenters. The fraction of sp³-hybridized carbons (Fsp3) is 0.400. The van der Waals surface area contributed by atoms with Crippen LogP contribution in [0.5, 0.6) is 0 Å². The maximum atomic E-state index is 11.9. The average molecular weight is 270 g/mol. The lowest BCUT2D eigenvalue weighted by Gasteiger charge is -2.26. The van der Waals surface area contributed by atoms with Crippen molar-refractivity contribution in [1.29, 1.82) is 0 Å². The number of hydrogen-bond acceptors (Lipinski definition) is 3. The third-order valence-electron chi connectivity index (χ3n) is 3.91. The number of hydrogen-bond donors (Lipinski definition) is 1. The first-order valence-corrected chi connectivity index (χ1v) is 6.99. The molecule has 1 N–H and O–H groups in total.